The lowest BCUT2D eigenvalue weighted by atomic mass is 9.95. The molecule has 5 heteroatoms. The van der Waals surface area contributed by atoms with Crippen LogP contribution in [0.15, 0.2) is 12.1 Å². The number of aryl methyl sites for hydroxylation is 1. The third kappa shape index (κ3) is 5.52. The van der Waals surface area contributed by atoms with Crippen molar-refractivity contribution < 1.29 is 13.5 Å². The number of hydrogen-bond acceptors (Lipinski definition) is 3. The molecule has 0 spiro atoms. The van der Waals surface area contributed by atoms with E-state index in [1.54, 1.807) is 7.11 Å². The monoisotopic (exact) mass is 366 g/mol. The number of piperazine rings is 1. The molecular weight excluding hydrogens is 334 g/mol. The second-order valence-corrected chi connectivity index (χ2v) is 7.07. The number of halogens is 2. The number of methoxy groups -OCH3 is 1. The van der Waals surface area contributed by atoms with E-state index in [1.165, 1.54) is 22.3 Å². The van der Waals surface area contributed by atoms with Gasteiger partial charge in [0.1, 0.15) is 5.75 Å². The molecule has 0 saturated carbocycles. The highest BCUT2D eigenvalue weighted by Crippen LogP contribution is 2.31. The number of nitrogens with zero attached hydrogens (tertiary/aromatic N) is 2. The Morgan fingerprint density at radius 1 is 1.15 bits per heavy atom. The Morgan fingerprint density at radius 2 is 1.81 bits per heavy atom. The van der Waals surface area contributed by atoms with Crippen LogP contribution in [0.3, 0.4) is 0 Å². The van der Waals surface area contributed by atoms with Crippen LogP contribution in [0.5, 0.6) is 5.75 Å². The summed E-state index contributed by atoms with van der Waals surface area (Å²) < 4.78 is 30.8. The molecule has 1 fully saturated rings. The van der Waals surface area contributed by atoms with E-state index in [0.717, 1.165) is 38.2 Å². The average Bonchev–Trinajstić information content (AvgIpc) is 2.61. The third-order valence-electron chi connectivity index (χ3n) is 5.17. The molecule has 1 aliphatic heterocycles. The molecule has 0 N–H and O–H groups in total. The molecule has 26 heavy (non-hydrogen) atoms. The minimum atomic E-state index is -2.25. The Morgan fingerprint density at radius 3 is 2.38 bits per heavy atom. The Kier molecular flexibility index (Phi) is 8.04. The molecule has 3 nitrogen and oxygen atoms in total. The predicted octanol–water partition coefficient (Wildman–Crippen LogP) is 4.51. The maximum atomic E-state index is 12.6. The first kappa shape index (κ1) is 20.8. The van der Waals surface area contributed by atoms with Gasteiger partial charge in [-0.05, 0) is 43.0 Å². The number of rotatable bonds is 8. The molecule has 0 unspecified atom stereocenters. The fraction of sp³-hybridized carbons (Fsp3) is 0.619. The van der Waals surface area contributed by atoms with Crippen molar-refractivity contribution in [2.75, 3.05) is 39.8 Å². The first-order chi connectivity index (χ1) is 12.5. The highest BCUT2D eigenvalue weighted by atomic mass is 19.3. The topological polar surface area (TPSA) is 15.7 Å². The van der Waals surface area contributed by atoms with Gasteiger partial charge < -0.3 is 4.74 Å². The molecule has 0 amide bonds. The fourth-order valence-electron chi connectivity index (χ4n) is 3.45. The van der Waals surface area contributed by atoms with Crippen molar-refractivity contribution in [3.63, 3.8) is 0 Å². The smallest absolute Gasteiger partial charge is 0.251 e. The van der Waals surface area contributed by atoms with Crippen molar-refractivity contribution in [3.05, 3.63) is 34.4 Å². The Hall–Kier alpha value is -1.46. The zero-order valence-corrected chi connectivity index (χ0v) is 16.5. The van der Waals surface area contributed by atoms with Gasteiger partial charge in [-0.25, -0.2) is 8.78 Å². The van der Waals surface area contributed by atoms with Gasteiger partial charge in [0.25, 0.3) is 6.43 Å². The first-order valence-corrected chi connectivity index (χ1v) is 9.52. The lowest BCUT2D eigenvalue weighted by molar-refractivity contribution is 0.0541. The summed E-state index contributed by atoms with van der Waals surface area (Å²) in [4.78, 5) is 4.19. The number of unbranched alkanes of at least 4 members (excludes halogenated alkanes) is 1. The SMILES string of the molecule is CCC/C=C\c1c(C)c(C)cc(OC)c1CN1CCN(CC(F)F)CC1. The minimum Gasteiger partial charge on any atom is -0.496 e. The molecule has 0 aliphatic carbocycles. The van der Waals surface area contributed by atoms with Crippen molar-refractivity contribution in [3.8, 4) is 5.75 Å². The normalized spacial score (nSPS) is 16.7. The van der Waals surface area contributed by atoms with E-state index in [2.05, 4.69) is 43.9 Å². The zero-order valence-electron chi connectivity index (χ0n) is 16.5. The highest BCUT2D eigenvalue weighted by molar-refractivity contribution is 5.63. The van der Waals surface area contributed by atoms with Gasteiger partial charge in [-0.2, -0.15) is 0 Å². The van der Waals surface area contributed by atoms with Gasteiger partial charge in [0.05, 0.1) is 13.7 Å². The van der Waals surface area contributed by atoms with Crippen LogP contribution < -0.4 is 4.74 Å². The second kappa shape index (κ2) is 10.0. The molecule has 0 aromatic heterocycles. The van der Waals surface area contributed by atoms with Crippen molar-refractivity contribution in [2.45, 2.75) is 46.6 Å². The lowest BCUT2D eigenvalue weighted by Gasteiger charge is -2.35. The molecule has 146 valence electrons. The quantitative estimate of drug-likeness (QED) is 0.673. The standard InChI is InChI=1S/C21H32F2N2O/c1-5-6-7-8-18-17(3)16(2)13-20(26-4)19(18)14-24-9-11-25(12-10-24)15-21(22)23/h7-8,13,21H,5-6,9-12,14-15H2,1-4H3/b8-7-. The number of alkyl halides is 2. The molecular formula is C21H32F2N2O. The Balaban J connectivity index is 2.18. The van der Waals surface area contributed by atoms with E-state index in [-0.39, 0.29) is 6.54 Å². The highest BCUT2D eigenvalue weighted by Gasteiger charge is 2.22. The van der Waals surface area contributed by atoms with Gasteiger partial charge in [-0.15, -0.1) is 0 Å². The van der Waals surface area contributed by atoms with Gasteiger partial charge in [0.2, 0.25) is 0 Å². The van der Waals surface area contributed by atoms with Crippen LogP contribution in [0, 0.1) is 13.8 Å². The number of ether oxygens (including phenoxy) is 1. The van der Waals surface area contributed by atoms with E-state index in [4.69, 9.17) is 4.74 Å². The average molecular weight is 366 g/mol. The van der Waals surface area contributed by atoms with Crippen LogP contribution in [-0.4, -0.2) is 56.1 Å². The van der Waals surface area contributed by atoms with Crippen LogP contribution in [0.2, 0.25) is 0 Å². The minimum absolute atomic E-state index is 0.119. The van der Waals surface area contributed by atoms with E-state index in [1.807, 2.05) is 4.90 Å². The summed E-state index contributed by atoms with van der Waals surface area (Å²) in [6.45, 7) is 10.1. The van der Waals surface area contributed by atoms with E-state index in [0.29, 0.717) is 13.1 Å². The van der Waals surface area contributed by atoms with Gasteiger partial charge in [-0.1, -0.05) is 25.5 Å². The number of allylic oxidation sites excluding steroid dienone is 1. The van der Waals surface area contributed by atoms with Crippen LogP contribution in [0.4, 0.5) is 8.78 Å². The van der Waals surface area contributed by atoms with E-state index in [9.17, 15) is 8.78 Å². The summed E-state index contributed by atoms with van der Waals surface area (Å²) in [5, 5.41) is 0. The predicted molar refractivity (Wildman–Crippen MR) is 104 cm³/mol. The zero-order chi connectivity index (χ0) is 19.1. The molecule has 0 radical (unpaired) electrons. The largest absolute Gasteiger partial charge is 0.496 e. The van der Waals surface area contributed by atoms with Crippen molar-refractivity contribution in [2.24, 2.45) is 0 Å². The molecule has 1 aliphatic rings. The molecule has 0 atom stereocenters. The molecule has 1 saturated heterocycles. The van der Waals surface area contributed by atoms with Gasteiger partial charge >= 0.3 is 0 Å². The van der Waals surface area contributed by atoms with Crippen LogP contribution in [0.25, 0.3) is 6.08 Å². The second-order valence-electron chi connectivity index (χ2n) is 7.07. The molecule has 2 rings (SSSR count). The molecule has 1 aromatic carbocycles. The lowest BCUT2D eigenvalue weighted by Crippen LogP contribution is -2.47. The van der Waals surface area contributed by atoms with Crippen LogP contribution in [0.1, 0.15) is 42.0 Å². The maximum Gasteiger partial charge on any atom is 0.251 e. The first-order valence-electron chi connectivity index (χ1n) is 9.52. The molecule has 1 heterocycles. The summed E-state index contributed by atoms with van der Waals surface area (Å²) in [5.41, 5.74) is 4.95. The summed E-state index contributed by atoms with van der Waals surface area (Å²) >= 11 is 0. The van der Waals surface area contributed by atoms with Crippen molar-refractivity contribution in [1.82, 2.24) is 9.80 Å². The van der Waals surface area contributed by atoms with Crippen molar-refractivity contribution in [1.29, 1.82) is 0 Å². The third-order valence-corrected chi connectivity index (χ3v) is 5.17. The van der Waals surface area contributed by atoms with Crippen molar-refractivity contribution >= 4 is 6.08 Å². The van der Waals surface area contributed by atoms with Crippen LogP contribution in [-0.2, 0) is 6.54 Å². The maximum absolute atomic E-state index is 12.6. The van der Waals surface area contributed by atoms with E-state index >= 15 is 0 Å². The van der Waals surface area contributed by atoms with Gasteiger partial charge in [0, 0.05) is 38.3 Å². The summed E-state index contributed by atoms with van der Waals surface area (Å²) in [7, 11) is 1.72. The van der Waals surface area contributed by atoms with Gasteiger partial charge in [-0.3, -0.25) is 9.80 Å². The van der Waals surface area contributed by atoms with Crippen LogP contribution >= 0.6 is 0 Å². The summed E-state index contributed by atoms with van der Waals surface area (Å²) in [6, 6.07) is 2.11. The number of benzene rings is 1. The Labute approximate surface area is 156 Å². The summed E-state index contributed by atoms with van der Waals surface area (Å²) in [6.07, 6.45) is 4.38. The Bertz CT molecular complexity index is 609. The summed E-state index contributed by atoms with van der Waals surface area (Å²) in [5.74, 6) is 0.916. The number of hydrogen-bond donors (Lipinski definition) is 0. The molecule has 1 aromatic rings. The van der Waals surface area contributed by atoms with E-state index < -0.39 is 6.43 Å². The van der Waals surface area contributed by atoms with Gasteiger partial charge in [0.15, 0.2) is 0 Å². The molecule has 0 bridgehead atoms. The fourth-order valence-corrected chi connectivity index (χ4v) is 3.45.